The lowest BCUT2D eigenvalue weighted by molar-refractivity contribution is 0.413. The molecule has 0 aliphatic rings. The Morgan fingerprint density at radius 2 is 2.10 bits per heavy atom. The fourth-order valence-corrected chi connectivity index (χ4v) is 1.85. The van der Waals surface area contributed by atoms with Crippen molar-refractivity contribution in [2.24, 2.45) is 0 Å². The molecule has 0 aliphatic carbocycles. The summed E-state index contributed by atoms with van der Waals surface area (Å²) < 4.78 is 19.4. The number of nitrogens with zero attached hydrogens (tertiary/aromatic N) is 2. The van der Waals surface area contributed by atoms with E-state index in [-0.39, 0.29) is 5.88 Å². The van der Waals surface area contributed by atoms with Gasteiger partial charge in [-0.15, -0.1) is 0 Å². The molecule has 0 spiro atoms. The highest BCUT2D eigenvalue weighted by atomic mass is 19.1. The lowest BCUT2D eigenvalue weighted by Crippen LogP contribution is -2.02. The van der Waals surface area contributed by atoms with Gasteiger partial charge in [-0.3, -0.25) is 0 Å². The quantitative estimate of drug-likeness (QED) is 0.897. The van der Waals surface area contributed by atoms with Gasteiger partial charge < -0.3 is 10.1 Å². The molecule has 1 N–H and O–H groups in total. The van der Waals surface area contributed by atoms with E-state index in [1.165, 1.54) is 0 Å². The van der Waals surface area contributed by atoms with E-state index in [0.29, 0.717) is 17.6 Å². The van der Waals surface area contributed by atoms with Crippen molar-refractivity contribution < 1.29 is 9.13 Å². The molecule has 5 heteroatoms. The molecule has 20 heavy (non-hydrogen) atoms. The molecular formula is C15H18FN3O. The predicted molar refractivity (Wildman–Crippen MR) is 76.8 cm³/mol. The summed E-state index contributed by atoms with van der Waals surface area (Å²) in [5.74, 6) is 0.631. The number of ether oxygens (including phenoxy) is 1. The third-order valence-electron chi connectivity index (χ3n) is 3.20. The van der Waals surface area contributed by atoms with Gasteiger partial charge in [0.05, 0.1) is 6.20 Å². The molecule has 0 aliphatic heterocycles. The topological polar surface area (TPSA) is 47.0 Å². The fourth-order valence-electron chi connectivity index (χ4n) is 1.85. The van der Waals surface area contributed by atoms with Crippen LogP contribution in [-0.2, 0) is 0 Å². The number of aromatic nitrogens is 2. The largest absolute Gasteiger partial charge is 0.436 e. The molecule has 106 valence electrons. The summed E-state index contributed by atoms with van der Waals surface area (Å²) in [6, 6.07) is 7.62. The minimum atomic E-state index is -0.581. The van der Waals surface area contributed by atoms with Crippen LogP contribution in [0.1, 0.15) is 31.7 Å². The van der Waals surface area contributed by atoms with Crippen molar-refractivity contribution in [2.45, 2.75) is 26.2 Å². The van der Waals surface area contributed by atoms with E-state index < -0.39 is 5.82 Å². The Morgan fingerprint density at radius 1 is 1.35 bits per heavy atom. The minimum absolute atomic E-state index is 0.0693. The Kier molecular flexibility index (Phi) is 4.50. The van der Waals surface area contributed by atoms with Crippen LogP contribution in [0, 0.1) is 5.82 Å². The number of rotatable bonds is 5. The van der Waals surface area contributed by atoms with E-state index in [1.807, 2.05) is 24.3 Å². The number of hydrogen-bond donors (Lipinski definition) is 1. The number of benzene rings is 1. The van der Waals surface area contributed by atoms with Gasteiger partial charge in [0.1, 0.15) is 5.75 Å². The maximum atomic E-state index is 13.7. The van der Waals surface area contributed by atoms with Gasteiger partial charge in [-0.1, -0.05) is 32.0 Å². The van der Waals surface area contributed by atoms with Crippen LogP contribution in [0.3, 0.4) is 0 Å². The second-order valence-electron chi connectivity index (χ2n) is 4.55. The summed E-state index contributed by atoms with van der Waals surface area (Å²) >= 11 is 0. The van der Waals surface area contributed by atoms with Crippen LogP contribution in [0.4, 0.5) is 10.3 Å². The van der Waals surface area contributed by atoms with Gasteiger partial charge in [0.25, 0.3) is 5.88 Å². The Balaban J connectivity index is 2.35. The molecular weight excluding hydrogens is 257 g/mol. The zero-order chi connectivity index (χ0) is 14.5. The average Bonchev–Trinajstić information content (AvgIpc) is 2.49. The van der Waals surface area contributed by atoms with E-state index in [1.54, 1.807) is 7.05 Å². The summed E-state index contributed by atoms with van der Waals surface area (Å²) in [6.07, 6.45) is 2.08. The second-order valence-corrected chi connectivity index (χ2v) is 4.55. The molecule has 0 fully saturated rings. The van der Waals surface area contributed by atoms with Crippen molar-refractivity contribution >= 4 is 5.95 Å². The number of hydrogen-bond acceptors (Lipinski definition) is 4. The fraction of sp³-hybridized carbons (Fsp3) is 0.333. The standard InChI is InChI=1S/C15H18FN3O/c1-4-10(2)11-7-5-6-8-13(11)20-14-12(16)9-18-15(17-3)19-14/h5-10H,4H2,1-3H3,(H,17,18,19). The van der Waals surface area contributed by atoms with Crippen LogP contribution in [0.25, 0.3) is 0 Å². The van der Waals surface area contributed by atoms with Crippen LogP contribution in [-0.4, -0.2) is 17.0 Å². The highest BCUT2D eigenvalue weighted by Gasteiger charge is 2.14. The second kappa shape index (κ2) is 6.32. The zero-order valence-corrected chi connectivity index (χ0v) is 11.9. The summed E-state index contributed by atoms with van der Waals surface area (Å²) in [5.41, 5.74) is 1.04. The van der Waals surface area contributed by atoms with E-state index in [0.717, 1.165) is 18.2 Å². The molecule has 1 aromatic heterocycles. The predicted octanol–water partition coefficient (Wildman–Crippen LogP) is 3.96. The van der Waals surface area contributed by atoms with Crippen LogP contribution < -0.4 is 10.1 Å². The molecule has 1 aromatic carbocycles. The van der Waals surface area contributed by atoms with Gasteiger partial charge >= 0.3 is 0 Å². The first-order valence-corrected chi connectivity index (χ1v) is 6.62. The van der Waals surface area contributed by atoms with Gasteiger partial charge in [0.15, 0.2) is 0 Å². The van der Waals surface area contributed by atoms with E-state index >= 15 is 0 Å². The molecule has 0 saturated carbocycles. The number of nitrogens with one attached hydrogen (secondary N) is 1. The number of anilines is 1. The van der Waals surface area contributed by atoms with Crippen LogP contribution in [0.15, 0.2) is 30.5 Å². The minimum Gasteiger partial charge on any atom is -0.436 e. The van der Waals surface area contributed by atoms with E-state index in [2.05, 4.69) is 29.1 Å². The molecule has 2 aromatic rings. The Hall–Kier alpha value is -2.17. The SMILES string of the molecule is CCC(C)c1ccccc1Oc1nc(NC)ncc1F. The first-order valence-electron chi connectivity index (χ1n) is 6.62. The van der Waals surface area contributed by atoms with Crippen molar-refractivity contribution in [1.82, 2.24) is 9.97 Å². The third-order valence-corrected chi connectivity index (χ3v) is 3.20. The molecule has 2 rings (SSSR count). The number of halogens is 1. The van der Waals surface area contributed by atoms with Gasteiger partial charge in [-0.25, -0.2) is 4.98 Å². The molecule has 1 atom stereocenters. The van der Waals surface area contributed by atoms with Crippen molar-refractivity contribution in [3.8, 4) is 11.6 Å². The average molecular weight is 275 g/mol. The number of para-hydroxylation sites is 1. The highest BCUT2D eigenvalue weighted by molar-refractivity contribution is 5.39. The van der Waals surface area contributed by atoms with Crippen molar-refractivity contribution in [3.63, 3.8) is 0 Å². The van der Waals surface area contributed by atoms with Crippen molar-refractivity contribution in [3.05, 3.63) is 41.8 Å². The first kappa shape index (κ1) is 14.2. The maximum absolute atomic E-state index is 13.7. The molecule has 4 nitrogen and oxygen atoms in total. The van der Waals surface area contributed by atoms with E-state index in [4.69, 9.17) is 4.74 Å². The van der Waals surface area contributed by atoms with Crippen LogP contribution >= 0.6 is 0 Å². The zero-order valence-electron chi connectivity index (χ0n) is 11.9. The Bertz CT molecular complexity index is 589. The van der Waals surface area contributed by atoms with Crippen molar-refractivity contribution in [1.29, 1.82) is 0 Å². The molecule has 1 unspecified atom stereocenters. The van der Waals surface area contributed by atoms with Gasteiger partial charge in [-0.05, 0) is 24.0 Å². The lowest BCUT2D eigenvalue weighted by atomic mass is 9.98. The summed E-state index contributed by atoms with van der Waals surface area (Å²) in [6.45, 7) is 4.21. The molecule has 1 heterocycles. The van der Waals surface area contributed by atoms with Crippen molar-refractivity contribution in [2.75, 3.05) is 12.4 Å². The van der Waals surface area contributed by atoms with Crippen LogP contribution in [0.5, 0.6) is 11.6 Å². The summed E-state index contributed by atoms with van der Waals surface area (Å²) in [4.78, 5) is 7.79. The summed E-state index contributed by atoms with van der Waals surface area (Å²) in [5, 5.41) is 2.76. The molecule has 0 radical (unpaired) electrons. The Labute approximate surface area is 118 Å². The highest BCUT2D eigenvalue weighted by Crippen LogP contribution is 2.32. The Morgan fingerprint density at radius 3 is 2.80 bits per heavy atom. The van der Waals surface area contributed by atoms with Gasteiger partial charge in [0.2, 0.25) is 11.8 Å². The van der Waals surface area contributed by atoms with Crippen LogP contribution in [0.2, 0.25) is 0 Å². The van der Waals surface area contributed by atoms with E-state index in [9.17, 15) is 4.39 Å². The molecule has 0 amide bonds. The monoisotopic (exact) mass is 275 g/mol. The summed E-state index contributed by atoms with van der Waals surface area (Å²) in [7, 11) is 1.67. The third kappa shape index (κ3) is 3.04. The molecule has 0 saturated heterocycles. The smallest absolute Gasteiger partial charge is 0.260 e. The maximum Gasteiger partial charge on any atom is 0.260 e. The lowest BCUT2D eigenvalue weighted by Gasteiger charge is -2.15. The van der Waals surface area contributed by atoms with Gasteiger partial charge in [-0.2, -0.15) is 9.37 Å². The first-order chi connectivity index (χ1) is 9.65. The molecule has 0 bridgehead atoms. The normalized spacial score (nSPS) is 12.0. The van der Waals surface area contributed by atoms with Gasteiger partial charge in [0, 0.05) is 7.05 Å².